The number of hydrogen-bond donors (Lipinski definition) is 1. The highest BCUT2D eigenvalue weighted by atomic mass is 31.2. The summed E-state index contributed by atoms with van der Waals surface area (Å²) in [5, 5.41) is 0. The Bertz CT molecular complexity index is 198. The second-order valence-electron chi connectivity index (χ2n) is 2.58. The molecule has 0 amide bonds. The molecule has 1 N–H and O–H groups in total. The van der Waals surface area contributed by atoms with Gasteiger partial charge in [-0.1, -0.05) is 0 Å². The van der Waals surface area contributed by atoms with Crippen molar-refractivity contribution in [3.63, 3.8) is 0 Å². The molecule has 0 bridgehead atoms. The molecule has 8 heteroatoms. The quantitative estimate of drug-likeness (QED) is 0.380. The Balaban J connectivity index is 3.27. The first kappa shape index (κ1) is 15.2. The molecule has 0 heterocycles. The van der Waals surface area contributed by atoms with E-state index in [0.717, 1.165) is 0 Å². The van der Waals surface area contributed by atoms with E-state index in [9.17, 15) is 9.59 Å². The van der Waals surface area contributed by atoms with Crippen molar-refractivity contribution in [2.45, 2.75) is 13.8 Å². The van der Waals surface area contributed by atoms with Crippen LogP contribution in [0.15, 0.2) is 0 Å². The van der Waals surface area contributed by atoms with Crippen LogP contribution in [0.3, 0.4) is 0 Å². The van der Waals surface area contributed by atoms with Gasteiger partial charge in [0.1, 0.15) is 13.2 Å². The van der Waals surface area contributed by atoms with Crippen LogP contribution in [0.1, 0.15) is 13.8 Å². The lowest BCUT2D eigenvalue weighted by molar-refractivity contribution is -0.142. The Hall–Kier alpha value is -0.750. The summed E-state index contributed by atoms with van der Waals surface area (Å²) in [7, 11) is -2.02. The van der Waals surface area contributed by atoms with Gasteiger partial charge in [-0.3, -0.25) is 9.59 Å². The van der Waals surface area contributed by atoms with Crippen LogP contribution >= 0.6 is 8.60 Å². The highest BCUT2D eigenvalue weighted by molar-refractivity contribution is 7.40. The van der Waals surface area contributed by atoms with Gasteiger partial charge in [0, 0.05) is 13.8 Å². The molecule has 16 heavy (non-hydrogen) atoms. The molecule has 0 saturated heterocycles. The van der Waals surface area contributed by atoms with E-state index in [-0.39, 0.29) is 26.4 Å². The molecule has 0 rings (SSSR count). The van der Waals surface area contributed by atoms with Gasteiger partial charge >= 0.3 is 20.5 Å². The molecule has 7 nitrogen and oxygen atoms in total. The first-order chi connectivity index (χ1) is 7.52. The zero-order valence-corrected chi connectivity index (χ0v) is 10.1. The molecular weight excluding hydrogens is 239 g/mol. The fraction of sp³-hybridized carbons (Fsp3) is 0.750. The van der Waals surface area contributed by atoms with Gasteiger partial charge in [0.2, 0.25) is 0 Å². The van der Waals surface area contributed by atoms with Crippen LogP contribution in [0.25, 0.3) is 0 Å². The Morgan fingerprint density at radius 1 is 0.938 bits per heavy atom. The largest absolute Gasteiger partial charge is 0.463 e. The fourth-order valence-corrected chi connectivity index (χ4v) is 1.17. The highest BCUT2D eigenvalue weighted by Crippen LogP contribution is 2.31. The molecule has 94 valence electrons. The van der Waals surface area contributed by atoms with E-state index in [2.05, 4.69) is 9.47 Å². The maximum Gasteiger partial charge on any atom is 0.330 e. The van der Waals surface area contributed by atoms with Crippen molar-refractivity contribution in [1.29, 1.82) is 0 Å². The van der Waals surface area contributed by atoms with Crippen LogP contribution in [0.4, 0.5) is 0 Å². The van der Waals surface area contributed by atoms with E-state index in [1.807, 2.05) is 0 Å². The Morgan fingerprint density at radius 3 is 1.62 bits per heavy atom. The number of esters is 2. The smallest absolute Gasteiger partial charge is 0.330 e. The molecule has 0 radical (unpaired) electrons. The number of ether oxygens (including phenoxy) is 2. The zero-order valence-electron chi connectivity index (χ0n) is 9.17. The number of carbonyl (C=O) groups excluding carboxylic acids is 2. The fourth-order valence-electron chi connectivity index (χ4n) is 0.639. The van der Waals surface area contributed by atoms with E-state index in [0.29, 0.717) is 0 Å². The molecule has 0 fully saturated rings. The summed E-state index contributed by atoms with van der Waals surface area (Å²) in [4.78, 5) is 29.8. The molecule has 0 aromatic heterocycles. The Labute approximate surface area is 94.6 Å². The van der Waals surface area contributed by atoms with Crippen LogP contribution in [0.5, 0.6) is 0 Å². The summed E-state index contributed by atoms with van der Waals surface area (Å²) in [5.41, 5.74) is 0. The minimum atomic E-state index is -2.02. The predicted molar refractivity (Wildman–Crippen MR) is 54.3 cm³/mol. The zero-order chi connectivity index (χ0) is 12.4. The Kier molecular flexibility index (Phi) is 9.03. The molecule has 0 saturated carbocycles. The molecule has 0 aliphatic rings. The van der Waals surface area contributed by atoms with Crippen molar-refractivity contribution in [3.05, 3.63) is 0 Å². The normalized spacial score (nSPS) is 10.2. The van der Waals surface area contributed by atoms with Crippen LogP contribution < -0.4 is 0 Å². The van der Waals surface area contributed by atoms with Gasteiger partial charge in [0.15, 0.2) is 0 Å². The maximum absolute atomic E-state index is 10.3. The van der Waals surface area contributed by atoms with Gasteiger partial charge in [0.25, 0.3) is 0 Å². The molecule has 0 spiro atoms. The van der Waals surface area contributed by atoms with Gasteiger partial charge in [0.05, 0.1) is 13.2 Å². The summed E-state index contributed by atoms with van der Waals surface area (Å²) >= 11 is 0. The van der Waals surface area contributed by atoms with Gasteiger partial charge in [-0.15, -0.1) is 0 Å². The lowest BCUT2D eigenvalue weighted by Crippen LogP contribution is -2.08. The Morgan fingerprint density at radius 2 is 1.31 bits per heavy atom. The summed E-state index contributed by atoms with van der Waals surface area (Å²) in [5.74, 6) is -0.830. The third kappa shape index (κ3) is 11.3. The van der Waals surface area contributed by atoms with Gasteiger partial charge < -0.3 is 23.4 Å². The van der Waals surface area contributed by atoms with Crippen molar-refractivity contribution in [2.75, 3.05) is 26.4 Å². The van der Waals surface area contributed by atoms with Crippen molar-refractivity contribution in [2.24, 2.45) is 0 Å². The SMILES string of the molecule is CC(=O)OCCOP(O)OCCOC(C)=O. The van der Waals surface area contributed by atoms with E-state index in [4.69, 9.17) is 13.9 Å². The van der Waals surface area contributed by atoms with Crippen molar-refractivity contribution >= 4 is 20.5 Å². The van der Waals surface area contributed by atoms with Crippen molar-refractivity contribution in [3.8, 4) is 0 Å². The van der Waals surface area contributed by atoms with Crippen molar-refractivity contribution in [1.82, 2.24) is 0 Å². The molecule has 0 unspecified atom stereocenters. The van der Waals surface area contributed by atoms with E-state index >= 15 is 0 Å². The van der Waals surface area contributed by atoms with Crippen LogP contribution in [-0.2, 0) is 28.1 Å². The second kappa shape index (κ2) is 9.47. The molecule has 0 aromatic carbocycles. The lowest BCUT2D eigenvalue weighted by atomic mass is 10.7. The van der Waals surface area contributed by atoms with E-state index in [1.54, 1.807) is 0 Å². The molecule has 0 aliphatic heterocycles. The summed E-state index contributed by atoms with van der Waals surface area (Å²) < 4.78 is 18.7. The summed E-state index contributed by atoms with van der Waals surface area (Å²) in [6.45, 7) is 2.77. The minimum absolute atomic E-state index is 0.0509. The van der Waals surface area contributed by atoms with Crippen molar-refractivity contribution < 1.29 is 33.0 Å². The molecule has 0 atom stereocenters. The number of rotatable bonds is 8. The average Bonchev–Trinajstić information content (AvgIpc) is 2.19. The third-order valence-corrected chi connectivity index (χ3v) is 1.99. The molecule has 0 aliphatic carbocycles. The van der Waals surface area contributed by atoms with Gasteiger partial charge in [-0.2, -0.15) is 0 Å². The highest BCUT2D eigenvalue weighted by Gasteiger charge is 2.06. The minimum Gasteiger partial charge on any atom is -0.463 e. The van der Waals surface area contributed by atoms with E-state index in [1.165, 1.54) is 13.8 Å². The summed E-state index contributed by atoms with van der Waals surface area (Å²) in [6.07, 6.45) is 0. The van der Waals surface area contributed by atoms with Crippen LogP contribution in [-0.4, -0.2) is 43.3 Å². The van der Waals surface area contributed by atoms with Crippen LogP contribution in [0.2, 0.25) is 0 Å². The average molecular weight is 254 g/mol. The topological polar surface area (TPSA) is 91.3 Å². The number of hydrogen-bond acceptors (Lipinski definition) is 7. The standard InChI is InChI=1S/C8H15O7P/c1-7(9)12-3-5-14-16(11)15-6-4-13-8(2)10/h11H,3-6H2,1-2H3. The number of carbonyl (C=O) groups is 2. The van der Waals surface area contributed by atoms with Crippen LogP contribution in [0, 0.1) is 0 Å². The first-order valence-corrected chi connectivity index (χ1v) is 5.67. The molecule has 0 aromatic rings. The van der Waals surface area contributed by atoms with E-state index < -0.39 is 20.5 Å². The third-order valence-electron chi connectivity index (χ3n) is 1.18. The van der Waals surface area contributed by atoms with Gasteiger partial charge in [-0.05, 0) is 0 Å². The molecular formula is C8H15O7P. The lowest BCUT2D eigenvalue weighted by Gasteiger charge is -2.10. The monoisotopic (exact) mass is 254 g/mol. The summed E-state index contributed by atoms with van der Waals surface area (Å²) in [6, 6.07) is 0. The second-order valence-corrected chi connectivity index (χ2v) is 3.58. The maximum atomic E-state index is 10.3. The first-order valence-electron chi connectivity index (χ1n) is 4.54. The van der Waals surface area contributed by atoms with Gasteiger partial charge in [-0.25, -0.2) is 0 Å². The predicted octanol–water partition coefficient (Wildman–Crippen LogP) is 0.365.